The Kier molecular flexibility index (Phi) is 5.54. The number of aliphatic hydroxyl groups excluding tert-OH is 1. The summed E-state index contributed by atoms with van der Waals surface area (Å²) in [6, 6.07) is 5.96. The lowest BCUT2D eigenvalue weighted by atomic mass is 10.2. The molecule has 6 heteroatoms. The number of amides is 1. The van der Waals surface area contributed by atoms with E-state index in [0.29, 0.717) is 0 Å². The number of carboxylic acid groups (broad SMARTS) is 1. The molecule has 0 saturated heterocycles. The Hall–Kier alpha value is -1.66. The summed E-state index contributed by atoms with van der Waals surface area (Å²) >= 11 is 3.29. The van der Waals surface area contributed by atoms with Crippen molar-refractivity contribution in [3.63, 3.8) is 0 Å². The van der Waals surface area contributed by atoms with E-state index in [1.165, 1.54) is 6.08 Å². The molecule has 1 aromatic carbocycles. The van der Waals surface area contributed by atoms with Crippen LogP contribution in [0.4, 0.5) is 0 Å². The van der Waals surface area contributed by atoms with Gasteiger partial charge >= 0.3 is 5.97 Å². The van der Waals surface area contributed by atoms with E-state index in [1.807, 2.05) is 12.1 Å². The fourth-order valence-corrected chi connectivity index (χ4v) is 1.42. The first-order valence-corrected chi connectivity index (χ1v) is 5.90. The number of aliphatic carboxylic acids is 1. The van der Waals surface area contributed by atoms with Crippen LogP contribution < -0.4 is 5.32 Å². The molecule has 0 aliphatic heterocycles. The van der Waals surface area contributed by atoms with E-state index in [1.54, 1.807) is 18.2 Å². The minimum absolute atomic E-state index is 0.570. The van der Waals surface area contributed by atoms with Crippen LogP contribution in [0, 0.1) is 0 Å². The van der Waals surface area contributed by atoms with Crippen molar-refractivity contribution in [3.8, 4) is 0 Å². The Bertz CT molecular complexity index is 456. The molecule has 1 amide bonds. The van der Waals surface area contributed by atoms with E-state index in [-0.39, 0.29) is 0 Å². The number of carboxylic acids is 1. The van der Waals surface area contributed by atoms with Gasteiger partial charge in [0.05, 0.1) is 6.61 Å². The molecule has 0 radical (unpaired) electrons. The summed E-state index contributed by atoms with van der Waals surface area (Å²) in [7, 11) is 0. The highest BCUT2D eigenvalue weighted by molar-refractivity contribution is 9.10. The lowest BCUT2D eigenvalue weighted by Crippen LogP contribution is -2.42. The monoisotopic (exact) mass is 313 g/mol. The highest BCUT2D eigenvalue weighted by atomic mass is 79.9. The molecule has 0 aliphatic rings. The molecule has 3 N–H and O–H groups in total. The number of benzene rings is 1. The number of aliphatic hydroxyl groups is 1. The zero-order valence-electron chi connectivity index (χ0n) is 9.34. The van der Waals surface area contributed by atoms with E-state index < -0.39 is 24.5 Å². The van der Waals surface area contributed by atoms with Crippen molar-refractivity contribution in [2.24, 2.45) is 0 Å². The maximum atomic E-state index is 11.4. The van der Waals surface area contributed by atoms with E-state index in [4.69, 9.17) is 10.2 Å². The van der Waals surface area contributed by atoms with Gasteiger partial charge in [0, 0.05) is 10.5 Å². The summed E-state index contributed by atoms with van der Waals surface area (Å²) in [4.78, 5) is 21.9. The molecule has 0 aromatic heterocycles. The van der Waals surface area contributed by atoms with Crippen molar-refractivity contribution < 1.29 is 19.8 Å². The largest absolute Gasteiger partial charge is 0.480 e. The van der Waals surface area contributed by atoms with Crippen LogP contribution in [0.15, 0.2) is 34.8 Å². The summed E-state index contributed by atoms with van der Waals surface area (Å²) in [5.74, 6) is -1.85. The van der Waals surface area contributed by atoms with Crippen molar-refractivity contribution in [1.29, 1.82) is 0 Å². The summed E-state index contributed by atoms with van der Waals surface area (Å²) in [6.07, 6.45) is 2.77. The zero-order valence-corrected chi connectivity index (χ0v) is 10.9. The van der Waals surface area contributed by atoms with E-state index in [2.05, 4.69) is 21.2 Å². The average Bonchev–Trinajstić information content (AvgIpc) is 2.35. The second kappa shape index (κ2) is 6.93. The van der Waals surface area contributed by atoms with Crippen LogP contribution >= 0.6 is 15.9 Å². The first-order chi connectivity index (χ1) is 8.52. The molecular formula is C12H12BrNO4. The maximum Gasteiger partial charge on any atom is 0.328 e. The standard InChI is InChI=1S/C12H12BrNO4/c13-9-4-1-8(2-5-9)3-6-11(16)14-10(7-15)12(17)18/h1-6,10,15H,7H2,(H,14,16)(H,17,18)/b6-3+/t10-/m0/s1. The van der Waals surface area contributed by atoms with Crippen molar-refractivity contribution >= 4 is 33.9 Å². The number of hydrogen-bond donors (Lipinski definition) is 3. The lowest BCUT2D eigenvalue weighted by Gasteiger charge is -2.09. The van der Waals surface area contributed by atoms with Gasteiger partial charge in [-0.1, -0.05) is 28.1 Å². The molecule has 0 fully saturated rings. The Morgan fingerprint density at radius 2 is 1.94 bits per heavy atom. The zero-order chi connectivity index (χ0) is 13.5. The van der Waals surface area contributed by atoms with Crippen LogP contribution in [0.5, 0.6) is 0 Å². The topological polar surface area (TPSA) is 86.6 Å². The molecule has 96 valence electrons. The van der Waals surface area contributed by atoms with Gasteiger partial charge in [0.15, 0.2) is 6.04 Å². The molecule has 0 bridgehead atoms. The highest BCUT2D eigenvalue weighted by Gasteiger charge is 2.16. The molecule has 0 unspecified atom stereocenters. The lowest BCUT2D eigenvalue weighted by molar-refractivity contribution is -0.142. The second-order valence-electron chi connectivity index (χ2n) is 3.47. The van der Waals surface area contributed by atoms with Crippen molar-refractivity contribution in [1.82, 2.24) is 5.32 Å². The van der Waals surface area contributed by atoms with E-state index in [9.17, 15) is 9.59 Å². The van der Waals surface area contributed by atoms with Crippen molar-refractivity contribution in [3.05, 3.63) is 40.4 Å². The SMILES string of the molecule is O=C(/C=C/c1ccc(Br)cc1)N[C@@H](CO)C(=O)O. The number of nitrogens with one attached hydrogen (secondary N) is 1. The Morgan fingerprint density at radius 1 is 1.33 bits per heavy atom. The molecule has 1 rings (SSSR count). The van der Waals surface area contributed by atoms with Crippen LogP contribution in [0.1, 0.15) is 5.56 Å². The predicted octanol–water partition coefficient (Wildman–Crippen LogP) is 1.02. The number of halogens is 1. The van der Waals surface area contributed by atoms with Gasteiger partial charge in [-0.25, -0.2) is 4.79 Å². The van der Waals surface area contributed by atoms with Crippen LogP contribution in [0.3, 0.4) is 0 Å². The van der Waals surface area contributed by atoms with Gasteiger partial charge in [-0.15, -0.1) is 0 Å². The number of carbonyl (C=O) groups is 2. The van der Waals surface area contributed by atoms with Gasteiger partial charge in [-0.2, -0.15) is 0 Å². The first kappa shape index (κ1) is 14.4. The van der Waals surface area contributed by atoms with Gasteiger partial charge < -0.3 is 15.5 Å². The van der Waals surface area contributed by atoms with Crippen LogP contribution in [-0.4, -0.2) is 34.7 Å². The number of hydrogen-bond acceptors (Lipinski definition) is 3. The van der Waals surface area contributed by atoms with Crippen LogP contribution in [0.2, 0.25) is 0 Å². The van der Waals surface area contributed by atoms with Gasteiger partial charge in [0.1, 0.15) is 0 Å². The van der Waals surface area contributed by atoms with Gasteiger partial charge in [-0.3, -0.25) is 4.79 Å². The molecule has 18 heavy (non-hydrogen) atoms. The fraction of sp³-hybridized carbons (Fsp3) is 0.167. The van der Waals surface area contributed by atoms with Gasteiger partial charge in [0.2, 0.25) is 5.91 Å². The van der Waals surface area contributed by atoms with Gasteiger partial charge in [-0.05, 0) is 23.8 Å². The van der Waals surface area contributed by atoms with E-state index in [0.717, 1.165) is 10.0 Å². The van der Waals surface area contributed by atoms with Crippen molar-refractivity contribution in [2.45, 2.75) is 6.04 Å². The van der Waals surface area contributed by atoms with E-state index >= 15 is 0 Å². The summed E-state index contributed by atoms with van der Waals surface area (Å²) in [5.41, 5.74) is 0.809. The molecule has 1 aromatic rings. The molecule has 0 heterocycles. The van der Waals surface area contributed by atoms with Gasteiger partial charge in [0.25, 0.3) is 0 Å². The third kappa shape index (κ3) is 4.68. The second-order valence-corrected chi connectivity index (χ2v) is 4.38. The summed E-state index contributed by atoms with van der Waals surface area (Å²) < 4.78 is 0.926. The molecule has 0 saturated carbocycles. The first-order valence-electron chi connectivity index (χ1n) is 5.10. The smallest absolute Gasteiger partial charge is 0.328 e. The fourth-order valence-electron chi connectivity index (χ4n) is 1.15. The Morgan fingerprint density at radius 3 is 2.44 bits per heavy atom. The minimum atomic E-state index is -1.29. The number of carbonyl (C=O) groups excluding carboxylic acids is 1. The Labute approximate surface area is 112 Å². The maximum absolute atomic E-state index is 11.4. The number of rotatable bonds is 5. The van der Waals surface area contributed by atoms with Crippen LogP contribution in [0.25, 0.3) is 6.08 Å². The molecule has 0 aliphatic carbocycles. The normalized spacial score (nSPS) is 12.3. The molecule has 0 spiro atoms. The summed E-state index contributed by atoms with van der Waals surface area (Å²) in [5, 5.41) is 19.5. The summed E-state index contributed by atoms with van der Waals surface area (Å²) in [6.45, 7) is -0.646. The van der Waals surface area contributed by atoms with Crippen molar-refractivity contribution in [2.75, 3.05) is 6.61 Å². The minimum Gasteiger partial charge on any atom is -0.480 e. The van der Waals surface area contributed by atoms with Crippen LogP contribution in [-0.2, 0) is 9.59 Å². The molecule has 5 nitrogen and oxygen atoms in total. The molecule has 1 atom stereocenters. The Balaban J connectivity index is 2.59. The third-order valence-corrected chi connectivity index (χ3v) is 2.62. The third-order valence-electron chi connectivity index (χ3n) is 2.09. The average molecular weight is 314 g/mol. The molecular weight excluding hydrogens is 302 g/mol. The quantitative estimate of drug-likeness (QED) is 0.708. The highest BCUT2D eigenvalue weighted by Crippen LogP contribution is 2.11. The predicted molar refractivity (Wildman–Crippen MR) is 69.8 cm³/mol.